The number of cyclic esters (lactones) is 1. The molecule has 7 heteroatoms. The first-order valence-electron chi connectivity index (χ1n) is 13.5. The highest BCUT2D eigenvalue weighted by Gasteiger charge is 2.52. The summed E-state index contributed by atoms with van der Waals surface area (Å²) in [6, 6.07) is 24.8. The zero-order valence-corrected chi connectivity index (χ0v) is 23.6. The number of ether oxygens (including phenoxy) is 4. The van der Waals surface area contributed by atoms with Crippen LogP contribution in [-0.2, 0) is 32.1 Å². The summed E-state index contributed by atoms with van der Waals surface area (Å²) < 4.78 is 23.2. The Balaban J connectivity index is 1.78. The Kier molecular flexibility index (Phi) is 10.2. The molecule has 0 unspecified atom stereocenters. The topological polar surface area (TPSA) is 83.4 Å². The number of rotatable bonds is 14. The van der Waals surface area contributed by atoms with Crippen LogP contribution >= 0.6 is 0 Å². The number of hydrogen-bond acceptors (Lipinski definition) is 7. The monoisotopic (exact) mass is 553 g/mol. The summed E-state index contributed by atoms with van der Waals surface area (Å²) in [7, 11) is 3.08. The number of carbonyl (C=O) groups is 2. The predicted octanol–water partition coefficient (Wildman–Crippen LogP) is 5.91. The molecule has 2 atom stereocenters. The second-order valence-electron chi connectivity index (χ2n) is 9.64. The molecule has 4 rings (SSSR count). The van der Waals surface area contributed by atoms with Crippen LogP contribution in [0.4, 0.5) is 0 Å². The fourth-order valence-corrected chi connectivity index (χ4v) is 4.81. The van der Waals surface area contributed by atoms with E-state index in [1.807, 2.05) is 66.7 Å². The van der Waals surface area contributed by atoms with E-state index in [0.717, 1.165) is 11.1 Å². The summed E-state index contributed by atoms with van der Waals surface area (Å²) in [6.45, 7) is 2.33. The Bertz CT molecular complexity index is 1390. The van der Waals surface area contributed by atoms with Crippen molar-refractivity contribution in [2.75, 3.05) is 20.8 Å². The first-order chi connectivity index (χ1) is 20.0. The van der Waals surface area contributed by atoms with Gasteiger partial charge in [-0.1, -0.05) is 85.0 Å². The van der Waals surface area contributed by atoms with Crippen LogP contribution < -0.4 is 9.47 Å². The Morgan fingerprint density at radius 1 is 0.927 bits per heavy atom. The number of methoxy groups -OCH3 is 2. The van der Waals surface area contributed by atoms with Crippen LogP contribution in [0, 0.1) is 5.92 Å². The molecule has 0 fully saturated rings. The van der Waals surface area contributed by atoms with E-state index in [1.165, 1.54) is 20.3 Å². The van der Waals surface area contributed by atoms with E-state index >= 15 is 0 Å². The van der Waals surface area contributed by atoms with Crippen molar-refractivity contribution in [3.63, 3.8) is 0 Å². The molecule has 3 aromatic rings. The molecule has 0 saturated carbocycles. The van der Waals surface area contributed by atoms with E-state index < -0.39 is 17.4 Å². The summed E-state index contributed by atoms with van der Waals surface area (Å²) in [5.41, 5.74) is 1.01. The van der Waals surface area contributed by atoms with Crippen molar-refractivity contribution < 1.29 is 28.5 Å². The van der Waals surface area contributed by atoms with Crippen LogP contribution in [0.15, 0.2) is 108 Å². The van der Waals surface area contributed by atoms with Crippen LogP contribution in [0.3, 0.4) is 0 Å². The molecular weight excluding hydrogens is 518 g/mol. The summed E-state index contributed by atoms with van der Waals surface area (Å²) in [5.74, 6) is -0.0439. The summed E-state index contributed by atoms with van der Waals surface area (Å²) in [4.78, 5) is 31.2. The molecule has 0 aromatic heterocycles. The number of hydrogen-bond donors (Lipinski definition) is 0. The van der Waals surface area contributed by atoms with Gasteiger partial charge in [0.1, 0.15) is 17.1 Å². The SMILES string of the molecule is C/C=C/C(=O)C/C=C/[C@@H](COCc1ccccc1)[C@@]1(Cc2ccccc2)N=C(c2c(OC)cccc2OC)OC1=O. The Morgan fingerprint density at radius 2 is 1.56 bits per heavy atom. The zero-order valence-electron chi connectivity index (χ0n) is 23.6. The molecule has 0 radical (unpaired) electrons. The van der Waals surface area contributed by atoms with Gasteiger partial charge in [-0.3, -0.25) is 4.79 Å². The Hall–Kier alpha value is -4.49. The van der Waals surface area contributed by atoms with Gasteiger partial charge in [0.05, 0.1) is 27.4 Å². The lowest BCUT2D eigenvalue weighted by Gasteiger charge is -2.30. The van der Waals surface area contributed by atoms with Crippen molar-refractivity contribution in [1.29, 1.82) is 0 Å². The van der Waals surface area contributed by atoms with Crippen molar-refractivity contribution in [2.45, 2.75) is 31.9 Å². The third kappa shape index (κ3) is 7.18. The molecule has 0 saturated heterocycles. The number of benzene rings is 3. The van der Waals surface area contributed by atoms with Gasteiger partial charge in [-0.25, -0.2) is 9.79 Å². The Labute approximate surface area is 241 Å². The van der Waals surface area contributed by atoms with Gasteiger partial charge in [-0.05, 0) is 36.3 Å². The van der Waals surface area contributed by atoms with Gasteiger partial charge in [0.25, 0.3) is 0 Å². The van der Waals surface area contributed by atoms with E-state index in [2.05, 4.69) is 0 Å². The van der Waals surface area contributed by atoms with Crippen molar-refractivity contribution in [3.8, 4) is 11.5 Å². The average Bonchev–Trinajstić information content (AvgIpc) is 3.32. The molecule has 3 aromatic carbocycles. The van der Waals surface area contributed by atoms with Crippen molar-refractivity contribution in [2.24, 2.45) is 10.9 Å². The van der Waals surface area contributed by atoms with Gasteiger partial charge in [0.2, 0.25) is 5.90 Å². The first kappa shape index (κ1) is 29.5. The molecule has 0 bridgehead atoms. The molecule has 1 heterocycles. The van der Waals surface area contributed by atoms with Gasteiger partial charge in [0, 0.05) is 18.8 Å². The van der Waals surface area contributed by atoms with Crippen LogP contribution in [0.2, 0.25) is 0 Å². The molecule has 0 spiro atoms. The quantitative estimate of drug-likeness (QED) is 0.140. The molecule has 0 N–H and O–H groups in total. The lowest BCUT2D eigenvalue weighted by Crippen LogP contribution is -2.45. The molecule has 41 heavy (non-hydrogen) atoms. The van der Waals surface area contributed by atoms with E-state index in [0.29, 0.717) is 23.7 Å². The number of ketones is 1. The number of esters is 1. The number of carbonyl (C=O) groups excluding carboxylic acids is 2. The van der Waals surface area contributed by atoms with E-state index in [4.69, 9.17) is 23.9 Å². The second-order valence-corrected chi connectivity index (χ2v) is 9.64. The molecular formula is C34H35NO6. The van der Waals surface area contributed by atoms with Crippen LogP contribution in [-0.4, -0.2) is 44.0 Å². The third-order valence-electron chi connectivity index (χ3n) is 6.86. The van der Waals surface area contributed by atoms with E-state index in [9.17, 15) is 9.59 Å². The summed E-state index contributed by atoms with van der Waals surface area (Å²) >= 11 is 0. The maximum atomic E-state index is 14.0. The highest BCUT2D eigenvalue weighted by Crippen LogP contribution is 2.39. The fourth-order valence-electron chi connectivity index (χ4n) is 4.81. The minimum absolute atomic E-state index is 0.0400. The summed E-state index contributed by atoms with van der Waals surface area (Å²) in [5, 5.41) is 0. The van der Waals surface area contributed by atoms with Crippen molar-refractivity contribution in [3.05, 3.63) is 120 Å². The largest absolute Gasteiger partial charge is 0.496 e. The maximum Gasteiger partial charge on any atom is 0.341 e. The van der Waals surface area contributed by atoms with Gasteiger partial charge in [-0.2, -0.15) is 0 Å². The van der Waals surface area contributed by atoms with Gasteiger partial charge in [0.15, 0.2) is 11.3 Å². The zero-order chi connectivity index (χ0) is 29.1. The van der Waals surface area contributed by atoms with E-state index in [1.54, 1.807) is 37.3 Å². The number of aliphatic imine (C=N–C) groups is 1. The van der Waals surface area contributed by atoms with Crippen LogP contribution in [0.25, 0.3) is 0 Å². The van der Waals surface area contributed by atoms with Gasteiger partial charge >= 0.3 is 5.97 Å². The van der Waals surface area contributed by atoms with Gasteiger partial charge in [-0.15, -0.1) is 0 Å². The van der Waals surface area contributed by atoms with Crippen molar-refractivity contribution >= 4 is 17.7 Å². The molecule has 0 aliphatic carbocycles. The maximum absolute atomic E-state index is 14.0. The summed E-state index contributed by atoms with van der Waals surface area (Å²) in [6.07, 6.45) is 7.31. The molecule has 0 amide bonds. The third-order valence-corrected chi connectivity index (χ3v) is 6.86. The van der Waals surface area contributed by atoms with Crippen LogP contribution in [0.1, 0.15) is 30.0 Å². The van der Waals surface area contributed by atoms with Crippen molar-refractivity contribution in [1.82, 2.24) is 0 Å². The van der Waals surface area contributed by atoms with E-state index in [-0.39, 0.29) is 31.1 Å². The average molecular weight is 554 g/mol. The first-order valence-corrected chi connectivity index (χ1v) is 13.5. The highest BCUT2D eigenvalue weighted by atomic mass is 16.6. The molecule has 1 aliphatic rings. The normalized spacial score (nSPS) is 17.4. The molecule has 7 nitrogen and oxygen atoms in total. The predicted molar refractivity (Wildman–Crippen MR) is 158 cm³/mol. The lowest BCUT2D eigenvalue weighted by atomic mass is 9.79. The molecule has 1 aliphatic heterocycles. The minimum atomic E-state index is -1.36. The standard InChI is InChI=1S/C34H35NO6/c1-4-13-28(36)19-11-18-27(24-40-23-26-16-9-6-10-17-26)34(22-25-14-7-5-8-15-25)33(37)41-32(35-34)31-29(38-2)20-12-21-30(31)39-3/h4-18,20-21,27H,19,22-24H2,1-3H3/b13-4+,18-11+/t27-,34+/m0/s1. The highest BCUT2D eigenvalue weighted by molar-refractivity contribution is 6.11. The lowest BCUT2D eigenvalue weighted by molar-refractivity contribution is -0.141. The second kappa shape index (κ2) is 14.2. The number of nitrogens with zero attached hydrogens (tertiary/aromatic N) is 1. The smallest absolute Gasteiger partial charge is 0.341 e. The molecule has 212 valence electrons. The van der Waals surface area contributed by atoms with Gasteiger partial charge < -0.3 is 18.9 Å². The van der Waals surface area contributed by atoms with Crippen LogP contribution in [0.5, 0.6) is 11.5 Å². The Morgan fingerprint density at radius 3 is 2.17 bits per heavy atom. The fraction of sp³-hybridized carbons (Fsp3) is 0.265. The minimum Gasteiger partial charge on any atom is -0.496 e. The number of allylic oxidation sites excluding steroid dienone is 3.